The van der Waals surface area contributed by atoms with Gasteiger partial charge >= 0.3 is 13.4 Å². The van der Waals surface area contributed by atoms with E-state index in [0.29, 0.717) is 31.7 Å². The maximum absolute atomic E-state index is 13.2. The van der Waals surface area contributed by atoms with Crippen LogP contribution in [-0.2, 0) is 9.09 Å². The summed E-state index contributed by atoms with van der Waals surface area (Å²) in [6.45, 7) is 4.56. The molecular formula is C18H19N4O7P. The molecule has 1 unspecified atom stereocenters. The Morgan fingerprint density at radius 1 is 1.00 bits per heavy atom. The average Bonchev–Trinajstić information content (AvgIpc) is 3.59. The Balaban J connectivity index is 1.61. The van der Waals surface area contributed by atoms with Crippen molar-refractivity contribution in [1.82, 2.24) is 9.34 Å². The van der Waals surface area contributed by atoms with E-state index in [0.717, 1.165) is 0 Å². The van der Waals surface area contributed by atoms with Gasteiger partial charge < -0.3 is 4.74 Å². The maximum atomic E-state index is 13.2. The lowest BCUT2D eigenvalue weighted by Crippen LogP contribution is -2.10. The predicted octanol–water partition coefficient (Wildman–Crippen LogP) is 4.11. The van der Waals surface area contributed by atoms with Crippen LogP contribution in [0.15, 0.2) is 42.5 Å². The van der Waals surface area contributed by atoms with Gasteiger partial charge in [-0.1, -0.05) is 6.07 Å². The molecule has 2 aromatic carbocycles. The number of hydrogen-bond donors (Lipinski definition) is 0. The molecule has 1 atom stereocenters. The van der Waals surface area contributed by atoms with Crippen molar-refractivity contribution in [1.29, 1.82) is 0 Å². The molecule has 2 aromatic rings. The summed E-state index contributed by atoms with van der Waals surface area (Å²) < 4.78 is 28.3. The number of nitro groups is 2. The topological polar surface area (TPSA) is 128 Å². The van der Waals surface area contributed by atoms with E-state index >= 15 is 0 Å². The second-order valence-electron chi connectivity index (χ2n) is 6.99. The third-order valence-electron chi connectivity index (χ3n) is 4.76. The minimum atomic E-state index is -3.08. The Morgan fingerprint density at radius 2 is 1.67 bits per heavy atom. The number of nitro benzene ring substituents is 2. The number of benzene rings is 2. The van der Waals surface area contributed by atoms with Crippen LogP contribution in [0.25, 0.3) is 0 Å². The molecule has 4 rings (SSSR count). The highest BCUT2D eigenvalue weighted by molar-refractivity contribution is 7.54. The molecule has 0 bridgehead atoms. The molecule has 2 fully saturated rings. The molecule has 30 heavy (non-hydrogen) atoms. The first-order valence-electron chi connectivity index (χ1n) is 9.28. The fraction of sp³-hybridized carbons (Fsp3) is 0.333. The SMILES string of the molecule is CC(OP(=O)(N1CC1)N1CC1)c1ccc([N+](=O)[O-])c(Oc2cccc([N+](=O)[O-])c2)c1. The molecule has 11 nitrogen and oxygen atoms in total. The van der Waals surface area contributed by atoms with Crippen molar-refractivity contribution < 1.29 is 23.7 Å². The van der Waals surface area contributed by atoms with Crippen LogP contribution < -0.4 is 4.74 Å². The highest BCUT2D eigenvalue weighted by Gasteiger charge is 2.50. The quantitative estimate of drug-likeness (QED) is 0.248. The van der Waals surface area contributed by atoms with Crippen LogP contribution in [0, 0.1) is 20.2 Å². The summed E-state index contributed by atoms with van der Waals surface area (Å²) in [5.74, 6) is 0.0126. The molecule has 2 heterocycles. The molecule has 0 radical (unpaired) electrons. The van der Waals surface area contributed by atoms with Crippen LogP contribution in [0.5, 0.6) is 11.5 Å². The van der Waals surface area contributed by atoms with Crippen molar-refractivity contribution in [3.8, 4) is 11.5 Å². The van der Waals surface area contributed by atoms with E-state index in [1.54, 1.807) is 16.3 Å². The van der Waals surface area contributed by atoms with Crippen LogP contribution in [0.1, 0.15) is 18.6 Å². The molecule has 0 amide bonds. The average molecular weight is 434 g/mol. The molecule has 0 aliphatic carbocycles. The van der Waals surface area contributed by atoms with Crippen LogP contribution in [0.4, 0.5) is 11.4 Å². The van der Waals surface area contributed by atoms with Crippen molar-refractivity contribution in [3.05, 3.63) is 68.3 Å². The Hall–Kier alpha value is -2.85. The molecule has 158 valence electrons. The lowest BCUT2D eigenvalue weighted by molar-refractivity contribution is -0.386. The minimum Gasteiger partial charge on any atom is -0.450 e. The van der Waals surface area contributed by atoms with Gasteiger partial charge in [0.2, 0.25) is 5.75 Å². The highest BCUT2D eigenvalue weighted by Crippen LogP contribution is 2.63. The van der Waals surface area contributed by atoms with Gasteiger partial charge in [-0.3, -0.25) is 29.3 Å². The van der Waals surface area contributed by atoms with Gasteiger partial charge in [0, 0.05) is 38.3 Å². The van der Waals surface area contributed by atoms with Gasteiger partial charge in [0.05, 0.1) is 22.0 Å². The predicted molar refractivity (Wildman–Crippen MR) is 107 cm³/mol. The highest BCUT2D eigenvalue weighted by atomic mass is 31.2. The number of nitrogens with zero attached hydrogens (tertiary/aromatic N) is 4. The minimum absolute atomic E-state index is 0.0817. The zero-order valence-electron chi connectivity index (χ0n) is 16.0. The summed E-state index contributed by atoms with van der Waals surface area (Å²) in [6, 6.07) is 9.63. The van der Waals surface area contributed by atoms with E-state index in [4.69, 9.17) is 9.26 Å². The monoisotopic (exact) mass is 434 g/mol. The molecular weight excluding hydrogens is 415 g/mol. The normalized spacial score (nSPS) is 17.4. The van der Waals surface area contributed by atoms with Crippen molar-refractivity contribution in [2.24, 2.45) is 0 Å². The van der Waals surface area contributed by atoms with Crippen molar-refractivity contribution in [2.75, 3.05) is 26.2 Å². The molecule has 0 saturated carbocycles. The Bertz CT molecular complexity index is 1040. The second kappa shape index (κ2) is 7.77. The van der Waals surface area contributed by atoms with E-state index in [-0.39, 0.29) is 22.9 Å². The summed E-state index contributed by atoms with van der Waals surface area (Å²) >= 11 is 0. The second-order valence-corrected chi connectivity index (χ2v) is 9.31. The van der Waals surface area contributed by atoms with Gasteiger partial charge in [0.25, 0.3) is 5.69 Å². The Labute approximate surface area is 171 Å². The summed E-state index contributed by atoms with van der Waals surface area (Å²) in [6.07, 6.45) is -0.606. The smallest absolute Gasteiger partial charge is 0.346 e. The zero-order chi connectivity index (χ0) is 21.5. The van der Waals surface area contributed by atoms with E-state index < -0.39 is 23.6 Å². The van der Waals surface area contributed by atoms with Crippen LogP contribution in [0.2, 0.25) is 0 Å². The Kier molecular flexibility index (Phi) is 5.29. The number of rotatable bonds is 9. The van der Waals surface area contributed by atoms with Gasteiger partial charge in [-0.05, 0) is 30.7 Å². The van der Waals surface area contributed by atoms with Gasteiger partial charge in [0.15, 0.2) is 0 Å². The molecule has 0 aromatic heterocycles. The van der Waals surface area contributed by atoms with Gasteiger partial charge in [-0.2, -0.15) is 0 Å². The van der Waals surface area contributed by atoms with Crippen LogP contribution >= 0.6 is 7.67 Å². The molecule has 2 saturated heterocycles. The van der Waals surface area contributed by atoms with Crippen molar-refractivity contribution in [3.63, 3.8) is 0 Å². The van der Waals surface area contributed by atoms with Crippen molar-refractivity contribution >= 4 is 19.0 Å². The molecule has 12 heteroatoms. The first-order chi connectivity index (χ1) is 14.3. The summed E-state index contributed by atoms with van der Waals surface area (Å²) in [4.78, 5) is 21.2. The van der Waals surface area contributed by atoms with E-state index in [2.05, 4.69) is 0 Å². The van der Waals surface area contributed by atoms with Crippen LogP contribution in [0.3, 0.4) is 0 Å². The number of ether oxygens (including phenoxy) is 1. The molecule has 2 aliphatic rings. The summed E-state index contributed by atoms with van der Waals surface area (Å²) in [5.41, 5.74) is 0.0587. The number of hydrogen-bond acceptors (Lipinski definition) is 7. The maximum Gasteiger partial charge on any atom is 0.346 e. The first kappa shape index (κ1) is 20.4. The third kappa shape index (κ3) is 4.19. The Morgan fingerprint density at radius 3 is 2.23 bits per heavy atom. The summed E-state index contributed by atoms with van der Waals surface area (Å²) in [5, 5.41) is 22.4. The van der Waals surface area contributed by atoms with E-state index in [9.17, 15) is 24.8 Å². The summed E-state index contributed by atoms with van der Waals surface area (Å²) in [7, 11) is -3.08. The van der Waals surface area contributed by atoms with Gasteiger partial charge in [0.1, 0.15) is 5.75 Å². The molecule has 2 aliphatic heterocycles. The van der Waals surface area contributed by atoms with E-state index in [1.807, 2.05) is 0 Å². The molecule has 0 N–H and O–H groups in total. The van der Waals surface area contributed by atoms with Gasteiger partial charge in [-0.25, -0.2) is 9.34 Å². The van der Waals surface area contributed by atoms with Crippen LogP contribution in [-0.4, -0.2) is 45.4 Å². The van der Waals surface area contributed by atoms with Gasteiger partial charge in [-0.15, -0.1) is 0 Å². The lowest BCUT2D eigenvalue weighted by atomic mass is 10.1. The van der Waals surface area contributed by atoms with Crippen molar-refractivity contribution in [2.45, 2.75) is 13.0 Å². The van der Waals surface area contributed by atoms with E-state index in [1.165, 1.54) is 42.5 Å². The fourth-order valence-corrected chi connectivity index (χ4v) is 5.33. The third-order valence-corrected chi connectivity index (χ3v) is 7.58. The fourth-order valence-electron chi connectivity index (χ4n) is 2.98. The number of non-ortho nitro benzene ring substituents is 1. The molecule has 0 spiro atoms. The zero-order valence-corrected chi connectivity index (χ0v) is 16.9. The standard InChI is InChI=1S/C18H19N4O7P/c1-13(29-30(27,19-7-8-19)20-9-10-20)14-5-6-17(22(25)26)18(11-14)28-16-4-2-3-15(12-16)21(23)24/h2-6,11-13H,7-10H2,1H3. The first-order valence-corrected chi connectivity index (χ1v) is 10.8. The largest absolute Gasteiger partial charge is 0.450 e. The lowest BCUT2D eigenvalue weighted by Gasteiger charge is -2.24.